The van der Waals surface area contributed by atoms with Crippen molar-refractivity contribution in [3.8, 4) is 0 Å². The molecule has 1 atom stereocenters. The second-order valence-corrected chi connectivity index (χ2v) is 6.67. The van der Waals surface area contributed by atoms with Gasteiger partial charge in [-0.1, -0.05) is 34.6 Å². The van der Waals surface area contributed by atoms with Crippen molar-refractivity contribution in [2.75, 3.05) is 13.1 Å². The Labute approximate surface area is 105 Å². The van der Waals surface area contributed by atoms with Gasteiger partial charge in [0.15, 0.2) is 0 Å². The lowest BCUT2D eigenvalue weighted by Crippen LogP contribution is -2.40. The van der Waals surface area contributed by atoms with Gasteiger partial charge in [0.25, 0.3) is 0 Å². The predicted molar refractivity (Wildman–Crippen MR) is 69.8 cm³/mol. The molecule has 1 unspecified atom stereocenters. The molecule has 0 radical (unpaired) electrons. The van der Waals surface area contributed by atoms with Crippen LogP contribution in [0.15, 0.2) is 0 Å². The zero-order valence-electron chi connectivity index (χ0n) is 11.8. The van der Waals surface area contributed by atoms with Gasteiger partial charge < -0.3 is 10.2 Å². The lowest BCUT2D eigenvalue weighted by Gasteiger charge is -2.19. The molecule has 2 aliphatic rings. The zero-order valence-corrected chi connectivity index (χ0v) is 11.8. The Morgan fingerprint density at radius 1 is 1.29 bits per heavy atom. The van der Waals surface area contributed by atoms with Crippen LogP contribution >= 0.6 is 0 Å². The van der Waals surface area contributed by atoms with Gasteiger partial charge in [-0.2, -0.15) is 0 Å². The molecular formula is C14H26N2O. The van der Waals surface area contributed by atoms with E-state index < -0.39 is 0 Å². The van der Waals surface area contributed by atoms with Gasteiger partial charge in [0.05, 0.1) is 6.04 Å². The summed E-state index contributed by atoms with van der Waals surface area (Å²) >= 11 is 0. The van der Waals surface area contributed by atoms with Crippen molar-refractivity contribution in [1.82, 2.24) is 10.2 Å². The summed E-state index contributed by atoms with van der Waals surface area (Å²) in [5.41, 5.74) is 0.532. The Bertz CT molecular complexity index is 308. The quantitative estimate of drug-likeness (QED) is 0.812. The van der Waals surface area contributed by atoms with E-state index in [1.807, 2.05) is 0 Å². The van der Waals surface area contributed by atoms with Crippen LogP contribution < -0.4 is 5.32 Å². The monoisotopic (exact) mass is 238 g/mol. The first kappa shape index (κ1) is 12.9. The molecule has 0 aromatic heterocycles. The summed E-state index contributed by atoms with van der Waals surface area (Å²) in [4.78, 5) is 14.5. The molecule has 1 saturated heterocycles. The van der Waals surface area contributed by atoms with E-state index in [4.69, 9.17) is 0 Å². The molecule has 0 aromatic rings. The second kappa shape index (κ2) is 3.98. The molecule has 0 bridgehead atoms. The van der Waals surface area contributed by atoms with E-state index in [1.165, 1.54) is 0 Å². The van der Waals surface area contributed by atoms with Crippen LogP contribution in [0.4, 0.5) is 0 Å². The second-order valence-electron chi connectivity index (χ2n) is 6.67. The van der Waals surface area contributed by atoms with Crippen molar-refractivity contribution < 1.29 is 4.79 Å². The van der Waals surface area contributed by atoms with E-state index in [2.05, 4.69) is 44.8 Å². The third-order valence-corrected chi connectivity index (χ3v) is 5.14. The van der Waals surface area contributed by atoms with Gasteiger partial charge in [0, 0.05) is 12.6 Å². The highest BCUT2D eigenvalue weighted by atomic mass is 16.2. The molecule has 3 heteroatoms. The topological polar surface area (TPSA) is 32.3 Å². The predicted octanol–water partition coefficient (Wildman–Crippen LogP) is 2.02. The van der Waals surface area contributed by atoms with Crippen molar-refractivity contribution in [1.29, 1.82) is 0 Å². The number of nitrogens with zero attached hydrogens (tertiary/aromatic N) is 1. The van der Waals surface area contributed by atoms with E-state index in [0.29, 0.717) is 11.9 Å². The van der Waals surface area contributed by atoms with Crippen molar-refractivity contribution in [2.24, 2.45) is 10.8 Å². The number of hydrogen-bond donors (Lipinski definition) is 1. The molecule has 0 aromatic carbocycles. The highest BCUT2D eigenvalue weighted by Crippen LogP contribution is 2.65. The lowest BCUT2D eigenvalue weighted by molar-refractivity contribution is -0.130. The SMILES string of the molecule is CCCNC1CCN(C2C(C)(C)C2(C)C)C1=O. The Kier molecular flexibility index (Phi) is 3.01. The van der Waals surface area contributed by atoms with Crippen molar-refractivity contribution >= 4 is 5.91 Å². The minimum atomic E-state index is 0.0714. The summed E-state index contributed by atoms with van der Waals surface area (Å²) in [5.74, 6) is 0.321. The Hall–Kier alpha value is -0.570. The highest BCUT2D eigenvalue weighted by Gasteiger charge is 2.68. The van der Waals surface area contributed by atoms with Crippen LogP contribution in [0.5, 0.6) is 0 Å². The van der Waals surface area contributed by atoms with Crippen LogP contribution in [0.25, 0.3) is 0 Å². The normalized spacial score (nSPS) is 31.0. The highest BCUT2D eigenvalue weighted by molar-refractivity contribution is 5.85. The molecule has 2 rings (SSSR count). The zero-order chi connectivity index (χ0) is 12.8. The third kappa shape index (κ3) is 1.79. The molecule has 1 N–H and O–H groups in total. The fraction of sp³-hybridized carbons (Fsp3) is 0.929. The van der Waals surface area contributed by atoms with Crippen LogP contribution in [-0.2, 0) is 4.79 Å². The average molecular weight is 238 g/mol. The molecule has 1 aliphatic carbocycles. The number of rotatable bonds is 4. The van der Waals surface area contributed by atoms with Gasteiger partial charge in [0.1, 0.15) is 0 Å². The molecule has 1 amide bonds. The smallest absolute Gasteiger partial charge is 0.240 e. The molecule has 1 saturated carbocycles. The number of hydrogen-bond acceptors (Lipinski definition) is 2. The van der Waals surface area contributed by atoms with Gasteiger partial charge in [-0.15, -0.1) is 0 Å². The molecule has 17 heavy (non-hydrogen) atoms. The van der Waals surface area contributed by atoms with E-state index in [9.17, 15) is 4.79 Å². The van der Waals surface area contributed by atoms with Crippen LogP contribution in [0.2, 0.25) is 0 Å². The summed E-state index contributed by atoms with van der Waals surface area (Å²) in [5, 5.41) is 3.36. The molecule has 98 valence electrons. The summed E-state index contributed by atoms with van der Waals surface area (Å²) in [7, 11) is 0. The van der Waals surface area contributed by atoms with Gasteiger partial charge in [-0.25, -0.2) is 0 Å². The first-order valence-electron chi connectivity index (χ1n) is 6.88. The van der Waals surface area contributed by atoms with Gasteiger partial charge in [-0.05, 0) is 30.2 Å². The van der Waals surface area contributed by atoms with E-state index in [0.717, 1.165) is 25.9 Å². The minimum Gasteiger partial charge on any atom is -0.337 e. The summed E-state index contributed by atoms with van der Waals surface area (Å²) < 4.78 is 0. The molecule has 0 spiro atoms. The third-order valence-electron chi connectivity index (χ3n) is 5.14. The number of likely N-dealkylation sites (tertiary alicyclic amines) is 1. The number of amides is 1. The van der Waals surface area contributed by atoms with Gasteiger partial charge >= 0.3 is 0 Å². The lowest BCUT2D eigenvalue weighted by atomic mass is 10.0. The van der Waals surface area contributed by atoms with Gasteiger partial charge in [0.2, 0.25) is 5.91 Å². The van der Waals surface area contributed by atoms with Crippen LogP contribution in [-0.4, -0.2) is 36.0 Å². The maximum Gasteiger partial charge on any atom is 0.240 e. The summed E-state index contributed by atoms with van der Waals surface area (Å²) in [6.07, 6.45) is 2.06. The van der Waals surface area contributed by atoms with Crippen LogP contribution in [0.3, 0.4) is 0 Å². The van der Waals surface area contributed by atoms with E-state index >= 15 is 0 Å². The Morgan fingerprint density at radius 2 is 1.88 bits per heavy atom. The largest absolute Gasteiger partial charge is 0.337 e. The standard InChI is InChI=1S/C14H26N2O/c1-6-8-15-10-7-9-16(11(10)17)12-13(2,3)14(12,4)5/h10,12,15H,6-9H2,1-5H3. The van der Waals surface area contributed by atoms with Crippen molar-refractivity contribution in [3.05, 3.63) is 0 Å². The first-order chi connectivity index (χ1) is 7.84. The van der Waals surface area contributed by atoms with Crippen molar-refractivity contribution in [2.45, 2.75) is 59.5 Å². The molecule has 1 aliphatic heterocycles. The maximum atomic E-state index is 12.3. The minimum absolute atomic E-state index is 0.0714. The Morgan fingerprint density at radius 3 is 2.35 bits per heavy atom. The van der Waals surface area contributed by atoms with Crippen molar-refractivity contribution in [3.63, 3.8) is 0 Å². The number of carbonyl (C=O) groups excluding carboxylic acids is 1. The van der Waals surface area contributed by atoms with Crippen LogP contribution in [0.1, 0.15) is 47.5 Å². The fourth-order valence-corrected chi connectivity index (χ4v) is 3.41. The Balaban J connectivity index is 2.00. The van der Waals surface area contributed by atoms with Crippen LogP contribution in [0, 0.1) is 10.8 Å². The number of carbonyl (C=O) groups is 1. The molecular weight excluding hydrogens is 212 g/mol. The number of nitrogens with one attached hydrogen (secondary N) is 1. The van der Waals surface area contributed by atoms with E-state index in [-0.39, 0.29) is 16.9 Å². The summed E-state index contributed by atoms with van der Waals surface area (Å²) in [6.45, 7) is 13.1. The molecule has 2 fully saturated rings. The first-order valence-corrected chi connectivity index (χ1v) is 6.88. The van der Waals surface area contributed by atoms with E-state index in [1.54, 1.807) is 0 Å². The molecule has 3 nitrogen and oxygen atoms in total. The average Bonchev–Trinajstić information content (AvgIpc) is 2.54. The molecule has 1 heterocycles. The fourth-order valence-electron chi connectivity index (χ4n) is 3.41. The summed E-state index contributed by atoms with van der Waals surface area (Å²) in [6, 6.07) is 0.498. The maximum absolute atomic E-state index is 12.3. The van der Waals surface area contributed by atoms with Gasteiger partial charge in [-0.3, -0.25) is 4.79 Å².